The van der Waals surface area contributed by atoms with Crippen LogP contribution < -0.4 is 5.32 Å². The normalized spacial score (nSPS) is 23.3. The molecule has 1 fully saturated rings. The zero-order valence-electron chi connectivity index (χ0n) is 9.99. The quantitative estimate of drug-likeness (QED) is 0.879. The first-order valence-electron chi connectivity index (χ1n) is 5.56. The fraction of sp³-hybridized carbons (Fsp3) is 0.583. The van der Waals surface area contributed by atoms with Crippen LogP contribution in [-0.2, 0) is 6.42 Å². The summed E-state index contributed by atoms with van der Waals surface area (Å²) >= 11 is 1.80. The van der Waals surface area contributed by atoms with Gasteiger partial charge in [0.05, 0.1) is 12.3 Å². The maximum atomic E-state index is 5.31. The molecule has 1 atom stereocenters. The highest BCUT2D eigenvalue weighted by Gasteiger charge is 2.27. The van der Waals surface area contributed by atoms with E-state index in [9.17, 15) is 0 Å². The van der Waals surface area contributed by atoms with Crippen LogP contribution in [0.15, 0.2) is 27.8 Å². The molecule has 0 aromatic carbocycles. The fourth-order valence-electron chi connectivity index (χ4n) is 1.65. The molecule has 0 aliphatic carbocycles. The lowest BCUT2D eigenvalue weighted by Crippen LogP contribution is -2.37. The minimum absolute atomic E-state index is 0.175. The first kappa shape index (κ1) is 11.6. The molecule has 1 aromatic rings. The molecule has 16 heavy (non-hydrogen) atoms. The zero-order chi connectivity index (χ0) is 11.6. The largest absolute Gasteiger partial charge is 0.469 e. The molecule has 2 heterocycles. The Morgan fingerprint density at radius 3 is 3.00 bits per heavy atom. The van der Waals surface area contributed by atoms with E-state index in [-0.39, 0.29) is 11.6 Å². The van der Waals surface area contributed by atoms with Gasteiger partial charge in [-0.2, -0.15) is 0 Å². The van der Waals surface area contributed by atoms with Gasteiger partial charge >= 0.3 is 0 Å². The van der Waals surface area contributed by atoms with Crippen molar-refractivity contribution in [1.82, 2.24) is 5.32 Å². The third kappa shape index (κ3) is 3.04. The first-order valence-corrected chi connectivity index (χ1v) is 6.55. The van der Waals surface area contributed by atoms with Crippen molar-refractivity contribution >= 4 is 16.9 Å². The SMILES string of the molecule is CC(Cc1ccco1)N=C1NC(C)(C)CS1. The van der Waals surface area contributed by atoms with Crippen LogP contribution in [0.5, 0.6) is 0 Å². The van der Waals surface area contributed by atoms with Crippen LogP contribution >= 0.6 is 11.8 Å². The van der Waals surface area contributed by atoms with Crippen molar-refractivity contribution in [3.05, 3.63) is 24.2 Å². The van der Waals surface area contributed by atoms with Gasteiger partial charge < -0.3 is 9.73 Å². The molecule has 0 spiro atoms. The van der Waals surface area contributed by atoms with Crippen LogP contribution in [0.25, 0.3) is 0 Å². The smallest absolute Gasteiger partial charge is 0.157 e. The van der Waals surface area contributed by atoms with Gasteiger partial charge in [0, 0.05) is 17.7 Å². The van der Waals surface area contributed by atoms with Gasteiger partial charge in [-0.3, -0.25) is 4.99 Å². The lowest BCUT2D eigenvalue weighted by molar-refractivity contribution is 0.491. The Labute approximate surface area is 101 Å². The van der Waals surface area contributed by atoms with Crippen LogP contribution in [0.4, 0.5) is 0 Å². The van der Waals surface area contributed by atoms with Crippen molar-refractivity contribution in [2.45, 2.75) is 38.8 Å². The van der Waals surface area contributed by atoms with Gasteiger partial charge in [0.15, 0.2) is 5.17 Å². The molecule has 1 aliphatic rings. The average Bonchev–Trinajstić information content (AvgIpc) is 2.76. The summed E-state index contributed by atoms with van der Waals surface area (Å²) < 4.78 is 5.31. The number of furan rings is 1. The zero-order valence-corrected chi connectivity index (χ0v) is 10.8. The second-order valence-corrected chi connectivity index (χ2v) is 5.83. The number of thioether (sulfide) groups is 1. The summed E-state index contributed by atoms with van der Waals surface area (Å²) in [6, 6.07) is 4.17. The molecule has 0 amide bonds. The maximum absolute atomic E-state index is 5.31. The van der Waals surface area contributed by atoms with Gasteiger partial charge in [0.2, 0.25) is 0 Å². The van der Waals surface area contributed by atoms with Crippen molar-refractivity contribution in [1.29, 1.82) is 0 Å². The predicted molar refractivity (Wildman–Crippen MR) is 69.0 cm³/mol. The van der Waals surface area contributed by atoms with E-state index < -0.39 is 0 Å². The van der Waals surface area contributed by atoms with Gasteiger partial charge in [-0.1, -0.05) is 11.8 Å². The lowest BCUT2D eigenvalue weighted by Gasteiger charge is -2.16. The highest BCUT2D eigenvalue weighted by atomic mass is 32.2. The average molecular weight is 238 g/mol. The molecule has 1 N–H and O–H groups in total. The molecule has 1 unspecified atom stereocenters. The summed E-state index contributed by atoms with van der Waals surface area (Å²) in [5, 5.41) is 4.48. The van der Waals surface area contributed by atoms with E-state index in [0.29, 0.717) is 0 Å². The Morgan fingerprint density at radius 1 is 1.62 bits per heavy atom. The summed E-state index contributed by atoms with van der Waals surface area (Å²) in [7, 11) is 0. The lowest BCUT2D eigenvalue weighted by atomic mass is 10.1. The first-order chi connectivity index (χ1) is 7.55. The van der Waals surface area contributed by atoms with E-state index in [1.165, 1.54) is 0 Å². The van der Waals surface area contributed by atoms with Crippen LogP contribution in [0.1, 0.15) is 26.5 Å². The maximum Gasteiger partial charge on any atom is 0.157 e. The monoisotopic (exact) mass is 238 g/mol. The minimum Gasteiger partial charge on any atom is -0.469 e. The third-order valence-electron chi connectivity index (χ3n) is 2.43. The molecule has 1 aliphatic heterocycles. The number of aliphatic imine (C=N–C) groups is 1. The number of hydrogen-bond donors (Lipinski definition) is 1. The summed E-state index contributed by atoms with van der Waals surface area (Å²) in [6.45, 7) is 6.50. The third-order valence-corrected chi connectivity index (χ3v) is 3.78. The van der Waals surface area contributed by atoms with Gasteiger partial charge in [-0.15, -0.1) is 0 Å². The van der Waals surface area contributed by atoms with E-state index in [0.717, 1.165) is 23.1 Å². The van der Waals surface area contributed by atoms with Gasteiger partial charge in [0.25, 0.3) is 0 Å². The number of nitrogens with one attached hydrogen (secondary N) is 1. The Morgan fingerprint density at radius 2 is 2.44 bits per heavy atom. The molecule has 0 radical (unpaired) electrons. The highest BCUT2D eigenvalue weighted by molar-refractivity contribution is 8.14. The van der Waals surface area contributed by atoms with E-state index in [2.05, 4.69) is 31.1 Å². The highest BCUT2D eigenvalue weighted by Crippen LogP contribution is 2.22. The second kappa shape index (κ2) is 4.53. The summed E-state index contributed by atoms with van der Waals surface area (Å²) in [4.78, 5) is 4.65. The van der Waals surface area contributed by atoms with Crippen LogP contribution in [0.2, 0.25) is 0 Å². The van der Waals surface area contributed by atoms with Crippen molar-refractivity contribution in [3.8, 4) is 0 Å². The molecule has 0 saturated carbocycles. The standard InChI is InChI=1S/C12H18N2OS/c1-9(7-10-5-4-6-15-10)13-11-14-12(2,3)8-16-11/h4-6,9H,7-8H2,1-3H3,(H,13,14). The number of amidine groups is 1. The molecule has 1 saturated heterocycles. The molecule has 4 heteroatoms. The molecular weight excluding hydrogens is 220 g/mol. The van der Waals surface area contributed by atoms with E-state index in [1.54, 1.807) is 18.0 Å². The molecular formula is C12H18N2OS. The fourth-order valence-corrected chi connectivity index (χ4v) is 2.82. The van der Waals surface area contributed by atoms with Crippen LogP contribution in [-0.4, -0.2) is 22.5 Å². The molecule has 88 valence electrons. The topological polar surface area (TPSA) is 37.5 Å². The van der Waals surface area contributed by atoms with E-state index >= 15 is 0 Å². The summed E-state index contributed by atoms with van der Waals surface area (Å²) in [5.74, 6) is 2.08. The van der Waals surface area contributed by atoms with E-state index in [1.807, 2.05) is 12.1 Å². The van der Waals surface area contributed by atoms with Crippen LogP contribution in [0, 0.1) is 0 Å². The minimum atomic E-state index is 0.175. The molecule has 3 nitrogen and oxygen atoms in total. The van der Waals surface area contributed by atoms with Crippen molar-refractivity contribution in [2.75, 3.05) is 5.75 Å². The van der Waals surface area contributed by atoms with Gasteiger partial charge in [0.1, 0.15) is 5.76 Å². The Balaban J connectivity index is 1.92. The summed E-state index contributed by atoms with van der Waals surface area (Å²) in [6.07, 6.45) is 2.57. The van der Waals surface area contributed by atoms with Gasteiger partial charge in [-0.05, 0) is 32.9 Å². The molecule has 0 bridgehead atoms. The number of hydrogen-bond acceptors (Lipinski definition) is 3. The van der Waals surface area contributed by atoms with Crippen molar-refractivity contribution in [3.63, 3.8) is 0 Å². The number of nitrogens with zero attached hydrogens (tertiary/aromatic N) is 1. The van der Waals surface area contributed by atoms with Crippen LogP contribution in [0.3, 0.4) is 0 Å². The Hall–Kier alpha value is -0.900. The van der Waals surface area contributed by atoms with E-state index in [4.69, 9.17) is 4.42 Å². The molecule has 2 rings (SSSR count). The van der Waals surface area contributed by atoms with Gasteiger partial charge in [-0.25, -0.2) is 0 Å². The Bertz CT molecular complexity index is 370. The Kier molecular flexibility index (Phi) is 3.28. The van der Waals surface area contributed by atoms with Crippen molar-refractivity contribution < 1.29 is 4.42 Å². The summed E-state index contributed by atoms with van der Waals surface area (Å²) in [5.41, 5.74) is 0.175. The predicted octanol–water partition coefficient (Wildman–Crippen LogP) is 2.68. The van der Waals surface area contributed by atoms with Crippen molar-refractivity contribution in [2.24, 2.45) is 4.99 Å². The second-order valence-electron chi connectivity index (χ2n) is 4.86. The molecule has 1 aromatic heterocycles. The number of rotatable bonds is 3.